The van der Waals surface area contributed by atoms with E-state index in [-0.39, 0.29) is 23.8 Å². The second-order valence-corrected chi connectivity index (χ2v) is 6.16. The Labute approximate surface area is 144 Å². The minimum Gasteiger partial charge on any atom is -0.504 e. The molecule has 130 valence electrons. The Bertz CT molecular complexity index is 649. The second kappa shape index (κ2) is 7.96. The molecule has 1 fully saturated rings. The molecule has 0 aromatic heterocycles. The number of nitrogens with one attached hydrogen (secondary N) is 2. The van der Waals surface area contributed by atoms with E-state index in [1.807, 2.05) is 6.26 Å². The lowest BCUT2D eigenvalue weighted by Gasteiger charge is -2.33. The molecule has 2 atom stereocenters. The van der Waals surface area contributed by atoms with Crippen molar-refractivity contribution in [3.63, 3.8) is 0 Å². The summed E-state index contributed by atoms with van der Waals surface area (Å²) in [5.41, 5.74) is 0.873. The van der Waals surface area contributed by atoms with Gasteiger partial charge in [-0.1, -0.05) is 12.6 Å². The first kappa shape index (κ1) is 18.0. The number of rotatable bonds is 6. The van der Waals surface area contributed by atoms with Gasteiger partial charge in [0.05, 0.1) is 13.2 Å². The lowest BCUT2D eigenvalue weighted by atomic mass is 9.89. The number of amides is 2. The number of phenols is 1. The smallest absolute Gasteiger partial charge is 0.319 e. The Morgan fingerprint density at radius 2 is 2.21 bits per heavy atom. The number of thioether (sulfide) groups is 1. The first-order valence-corrected chi connectivity index (χ1v) is 8.66. The van der Waals surface area contributed by atoms with E-state index in [0.717, 1.165) is 0 Å². The highest BCUT2D eigenvalue weighted by atomic mass is 32.2. The number of esters is 1. The number of carbonyl (C=O) groups excluding carboxylic acids is 2. The van der Waals surface area contributed by atoms with Gasteiger partial charge in [0.1, 0.15) is 12.5 Å². The summed E-state index contributed by atoms with van der Waals surface area (Å²) in [7, 11) is 1.42. The predicted octanol–water partition coefficient (Wildman–Crippen LogP) is 1.79. The van der Waals surface area contributed by atoms with E-state index in [2.05, 4.69) is 17.2 Å². The fraction of sp³-hybridized carbons (Fsp3) is 0.375. The normalized spacial score (nSPS) is 20.1. The van der Waals surface area contributed by atoms with Gasteiger partial charge < -0.3 is 25.2 Å². The van der Waals surface area contributed by atoms with E-state index in [9.17, 15) is 14.7 Å². The molecule has 2 rings (SSSR count). The zero-order valence-corrected chi connectivity index (χ0v) is 14.3. The summed E-state index contributed by atoms with van der Waals surface area (Å²) in [6.07, 6.45) is 1.92. The molecule has 1 aliphatic rings. The number of methoxy groups -OCH3 is 1. The van der Waals surface area contributed by atoms with Gasteiger partial charge in [-0.05, 0) is 24.0 Å². The van der Waals surface area contributed by atoms with Crippen LogP contribution in [0.1, 0.15) is 11.6 Å². The number of hydrogen-bond acceptors (Lipinski definition) is 6. The molecule has 1 heterocycles. The maximum Gasteiger partial charge on any atom is 0.319 e. The zero-order valence-electron chi connectivity index (χ0n) is 13.5. The van der Waals surface area contributed by atoms with Crippen molar-refractivity contribution >= 4 is 23.8 Å². The molecule has 0 spiro atoms. The van der Waals surface area contributed by atoms with Crippen molar-refractivity contribution in [2.75, 3.05) is 25.7 Å². The van der Waals surface area contributed by atoms with Crippen LogP contribution < -0.4 is 15.4 Å². The maximum absolute atomic E-state index is 12.4. The van der Waals surface area contributed by atoms with Crippen molar-refractivity contribution in [3.8, 4) is 11.5 Å². The molecule has 8 heteroatoms. The first-order chi connectivity index (χ1) is 11.5. The second-order valence-electron chi connectivity index (χ2n) is 5.17. The van der Waals surface area contributed by atoms with Gasteiger partial charge in [-0.25, -0.2) is 4.79 Å². The van der Waals surface area contributed by atoms with Gasteiger partial charge in [0, 0.05) is 11.4 Å². The Kier molecular flexibility index (Phi) is 5.97. The molecule has 1 saturated heterocycles. The summed E-state index contributed by atoms with van der Waals surface area (Å²) in [6.45, 7) is 4.05. The van der Waals surface area contributed by atoms with Crippen molar-refractivity contribution in [1.29, 1.82) is 0 Å². The predicted molar refractivity (Wildman–Crippen MR) is 91.0 cm³/mol. The summed E-state index contributed by atoms with van der Waals surface area (Å²) in [5, 5.41) is 14.9. The molecule has 2 amide bonds. The van der Waals surface area contributed by atoms with Crippen LogP contribution in [0.15, 0.2) is 30.5 Å². The van der Waals surface area contributed by atoms with Crippen LogP contribution in [0, 0.1) is 5.92 Å². The van der Waals surface area contributed by atoms with Crippen LogP contribution in [0.3, 0.4) is 0 Å². The third kappa shape index (κ3) is 3.94. The number of ether oxygens (including phenoxy) is 2. The highest BCUT2D eigenvalue weighted by molar-refractivity contribution is 7.98. The quantitative estimate of drug-likeness (QED) is 0.533. The van der Waals surface area contributed by atoms with Gasteiger partial charge in [-0.3, -0.25) is 4.79 Å². The maximum atomic E-state index is 12.4. The van der Waals surface area contributed by atoms with Crippen LogP contribution in [0.25, 0.3) is 0 Å². The molecule has 1 aromatic carbocycles. The molecular weight excluding hydrogens is 332 g/mol. The summed E-state index contributed by atoms with van der Waals surface area (Å²) in [6, 6.07) is 3.51. The number of benzene rings is 1. The van der Waals surface area contributed by atoms with Crippen molar-refractivity contribution in [2.24, 2.45) is 5.92 Å². The Morgan fingerprint density at radius 1 is 1.46 bits per heavy atom. The summed E-state index contributed by atoms with van der Waals surface area (Å²) >= 11 is 1.57. The molecule has 0 radical (unpaired) electrons. The van der Waals surface area contributed by atoms with Crippen molar-refractivity contribution in [2.45, 2.75) is 6.04 Å². The number of aromatic hydroxyl groups is 1. The van der Waals surface area contributed by atoms with E-state index in [1.165, 1.54) is 13.2 Å². The number of phenolic OH excluding ortho intramolecular Hbond substituents is 1. The highest BCUT2D eigenvalue weighted by Gasteiger charge is 2.39. The van der Waals surface area contributed by atoms with Gasteiger partial charge in [-0.15, -0.1) is 0 Å². The Balaban J connectivity index is 2.30. The number of carbonyl (C=O) groups is 2. The van der Waals surface area contributed by atoms with Crippen LogP contribution in [-0.2, 0) is 9.53 Å². The van der Waals surface area contributed by atoms with E-state index in [4.69, 9.17) is 9.47 Å². The summed E-state index contributed by atoms with van der Waals surface area (Å²) in [5.74, 6) is -0.347. The van der Waals surface area contributed by atoms with Crippen LogP contribution in [0.5, 0.6) is 11.5 Å². The fourth-order valence-electron chi connectivity index (χ4n) is 2.44. The van der Waals surface area contributed by atoms with Gasteiger partial charge in [0.25, 0.3) is 0 Å². The molecule has 0 aliphatic carbocycles. The van der Waals surface area contributed by atoms with Crippen molar-refractivity contribution in [1.82, 2.24) is 10.6 Å². The Hall–Kier alpha value is -2.35. The lowest BCUT2D eigenvalue weighted by Crippen LogP contribution is -2.51. The minimum absolute atomic E-state index is 0.0283. The van der Waals surface area contributed by atoms with Crippen LogP contribution in [0.2, 0.25) is 0 Å². The summed E-state index contributed by atoms with van der Waals surface area (Å²) in [4.78, 5) is 24.2. The van der Waals surface area contributed by atoms with E-state index in [1.54, 1.807) is 23.9 Å². The molecule has 0 saturated carbocycles. The monoisotopic (exact) mass is 352 g/mol. The van der Waals surface area contributed by atoms with Gasteiger partial charge >= 0.3 is 12.0 Å². The molecule has 0 unspecified atom stereocenters. The van der Waals surface area contributed by atoms with Crippen LogP contribution in [0.4, 0.5) is 4.79 Å². The zero-order chi connectivity index (χ0) is 17.7. The van der Waals surface area contributed by atoms with Gasteiger partial charge in [0.2, 0.25) is 0 Å². The average molecular weight is 352 g/mol. The SMILES string of the molecule is C=C1NC(=O)N[C@@H](c2ccc(O)c(OC)c2)[C@@H]1C(=O)OCCSC. The Morgan fingerprint density at radius 3 is 2.88 bits per heavy atom. The third-order valence-electron chi connectivity index (χ3n) is 3.62. The van der Waals surface area contributed by atoms with E-state index >= 15 is 0 Å². The fourth-order valence-corrected chi connectivity index (χ4v) is 2.69. The van der Waals surface area contributed by atoms with Gasteiger partial charge in [-0.2, -0.15) is 11.8 Å². The molecule has 1 aromatic rings. The number of urea groups is 1. The third-order valence-corrected chi connectivity index (χ3v) is 4.19. The topological polar surface area (TPSA) is 96.9 Å². The van der Waals surface area contributed by atoms with Gasteiger partial charge in [0.15, 0.2) is 11.5 Å². The van der Waals surface area contributed by atoms with Crippen LogP contribution >= 0.6 is 11.8 Å². The standard InChI is InChI=1S/C16H20N2O5S/c1-9-13(15(20)23-6-7-24-3)14(18-16(21)17-9)10-4-5-11(19)12(8-10)22-2/h4-5,8,13-14,19H,1,6-7H2,2-3H3,(H2,17,18,21)/t13-,14+/m1/s1. The molecule has 7 nitrogen and oxygen atoms in total. The van der Waals surface area contributed by atoms with Crippen molar-refractivity contribution in [3.05, 3.63) is 36.0 Å². The highest BCUT2D eigenvalue weighted by Crippen LogP contribution is 2.35. The molecule has 0 bridgehead atoms. The lowest BCUT2D eigenvalue weighted by molar-refractivity contribution is -0.147. The average Bonchev–Trinajstić information content (AvgIpc) is 2.54. The minimum atomic E-state index is -0.779. The van der Waals surface area contributed by atoms with E-state index < -0.39 is 24.0 Å². The number of hydrogen-bond donors (Lipinski definition) is 3. The van der Waals surface area contributed by atoms with Crippen molar-refractivity contribution < 1.29 is 24.2 Å². The summed E-state index contributed by atoms with van der Waals surface area (Å²) < 4.78 is 10.4. The molecule has 24 heavy (non-hydrogen) atoms. The largest absolute Gasteiger partial charge is 0.504 e. The first-order valence-electron chi connectivity index (χ1n) is 7.26. The molecular formula is C16H20N2O5S. The molecule has 1 aliphatic heterocycles. The van der Waals surface area contributed by atoms with E-state index in [0.29, 0.717) is 11.3 Å². The molecule has 3 N–H and O–H groups in total. The van der Waals surface area contributed by atoms with Crippen LogP contribution in [-0.4, -0.2) is 42.8 Å².